The molecule has 3 atom stereocenters. The lowest BCUT2D eigenvalue weighted by atomic mass is 9.95. The fourth-order valence-electron chi connectivity index (χ4n) is 3.99. The van der Waals surface area contributed by atoms with Crippen LogP contribution >= 0.6 is 0 Å². The molecule has 0 radical (unpaired) electrons. The first-order valence-electron chi connectivity index (χ1n) is 7.79. The standard InChI is InChI=1S/C16H24FN3/c1-3-20(11(2)12-6-13(17)10-18-9-12)16-7-14-4-5-15(8-16)19-14/h6,9-11,14-16,19H,3-5,7-8H2,1-2H3. The number of halogens is 1. The van der Waals surface area contributed by atoms with Gasteiger partial charge < -0.3 is 5.32 Å². The van der Waals surface area contributed by atoms with E-state index in [4.69, 9.17) is 0 Å². The Morgan fingerprint density at radius 2 is 2.05 bits per heavy atom. The molecule has 2 saturated heterocycles. The zero-order valence-electron chi connectivity index (χ0n) is 12.3. The van der Waals surface area contributed by atoms with Crippen LogP contribution in [0.4, 0.5) is 4.39 Å². The Morgan fingerprint density at radius 1 is 1.35 bits per heavy atom. The molecule has 0 spiro atoms. The molecule has 110 valence electrons. The lowest BCUT2D eigenvalue weighted by molar-refractivity contribution is 0.107. The fraction of sp³-hybridized carbons (Fsp3) is 0.688. The van der Waals surface area contributed by atoms with E-state index in [1.807, 2.05) is 0 Å². The van der Waals surface area contributed by atoms with Gasteiger partial charge in [-0.1, -0.05) is 6.92 Å². The molecule has 2 aliphatic heterocycles. The highest BCUT2D eigenvalue weighted by Gasteiger charge is 2.37. The largest absolute Gasteiger partial charge is 0.311 e. The first-order chi connectivity index (χ1) is 9.67. The number of hydrogen-bond acceptors (Lipinski definition) is 3. The van der Waals surface area contributed by atoms with E-state index in [-0.39, 0.29) is 11.9 Å². The first-order valence-corrected chi connectivity index (χ1v) is 7.79. The van der Waals surface area contributed by atoms with Gasteiger partial charge in [-0.05, 0) is 50.8 Å². The predicted octanol–water partition coefficient (Wildman–Crippen LogP) is 2.89. The van der Waals surface area contributed by atoms with Gasteiger partial charge in [0.15, 0.2) is 0 Å². The summed E-state index contributed by atoms with van der Waals surface area (Å²) < 4.78 is 13.4. The van der Waals surface area contributed by atoms with E-state index in [1.165, 1.54) is 31.9 Å². The Balaban J connectivity index is 1.75. The van der Waals surface area contributed by atoms with E-state index in [0.29, 0.717) is 18.1 Å². The molecule has 1 aromatic rings. The van der Waals surface area contributed by atoms with Gasteiger partial charge in [0.2, 0.25) is 0 Å². The Labute approximate surface area is 120 Å². The van der Waals surface area contributed by atoms with Crippen molar-refractivity contribution in [2.45, 2.75) is 63.7 Å². The second-order valence-electron chi connectivity index (χ2n) is 6.21. The number of nitrogens with one attached hydrogen (secondary N) is 1. The maximum Gasteiger partial charge on any atom is 0.141 e. The summed E-state index contributed by atoms with van der Waals surface area (Å²) in [6.45, 7) is 5.37. The summed E-state index contributed by atoms with van der Waals surface area (Å²) in [5, 5.41) is 3.69. The highest BCUT2D eigenvalue weighted by Crippen LogP contribution is 2.33. The van der Waals surface area contributed by atoms with Crippen molar-refractivity contribution in [2.75, 3.05) is 6.54 Å². The van der Waals surface area contributed by atoms with Gasteiger partial charge in [0.05, 0.1) is 6.20 Å². The van der Waals surface area contributed by atoms with Crippen molar-refractivity contribution in [3.8, 4) is 0 Å². The van der Waals surface area contributed by atoms with E-state index in [9.17, 15) is 4.39 Å². The van der Waals surface area contributed by atoms with Crippen LogP contribution in [-0.2, 0) is 0 Å². The minimum absolute atomic E-state index is 0.227. The van der Waals surface area contributed by atoms with Crippen molar-refractivity contribution in [3.05, 3.63) is 29.8 Å². The van der Waals surface area contributed by atoms with Gasteiger partial charge in [-0.2, -0.15) is 0 Å². The molecule has 2 bridgehead atoms. The third-order valence-electron chi connectivity index (χ3n) is 4.99. The molecule has 20 heavy (non-hydrogen) atoms. The molecule has 3 rings (SSSR count). The summed E-state index contributed by atoms with van der Waals surface area (Å²) in [4.78, 5) is 6.51. The summed E-state index contributed by atoms with van der Waals surface area (Å²) >= 11 is 0. The second-order valence-corrected chi connectivity index (χ2v) is 6.21. The molecular formula is C16H24FN3. The van der Waals surface area contributed by atoms with Crippen molar-refractivity contribution < 1.29 is 4.39 Å². The van der Waals surface area contributed by atoms with Gasteiger partial charge in [-0.15, -0.1) is 0 Å². The number of fused-ring (bicyclic) bond motifs is 2. The van der Waals surface area contributed by atoms with Crippen LogP contribution in [0, 0.1) is 5.82 Å². The van der Waals surface area contributed by atoms with Gasteiger partial charge in [0.1, 0.15) is 5.82 Å². The highest BCUT2D eigenvalue weighted by atomic mass is 19.1. The van der Waals surface area contributed by atoms with E-state index in [2.05, 4.69) is 29.0 Å². The number of pyridine rings is 1. The molecule has 0 aromatic carbocycles. The molecule has 0 amide bonds. The average Bonchev–Trinajstić information content (AvgIpc) is 2.78. The number of aromatic nitrogens is 1. The van der Waals surface area contributed by atoms with Crippen LogP contribution in [0.1, 0.15) is 51.1 Å². The lowest BCUT2D eigenvalue weighted by Crippen LogP contribution is -2.48. The SMILES string of the molecule is CCN(C1CC2CCC(C1)N2)C(C)c1cncc(F)c1. The third kappa shape index (κ3) is 2.72. The Bertz CT molecular complexity index is 453. The zero-order chi connectivity index (χ0) is 14.1. The van der Waals surface area contributed by atoms with E-state index >= 15 is 0 Å². The molecular weight excluding hydrogens is 253 g/mol. The van der Waals surface area contributed by atoms with Crippen molar-refractivity contribution in [2.24, 2.45) is 0 Å². The van der Waals surface area contributed by atoms with E-state index in [0.717, 1.165) is 12.1 Å². The van der Waals surface area contributed by atoms with Gasteiger partial charge in [-0.3, -0.25) is 9.88 Å². The van der Waals surface area contributed by atoms with Crippen LogP contribution in [0.15, 0.2) is 18.5 Å². The quantitative estimate of drug-likeness (QED) is 0.917. The number of rotatable bonds is 4. The minimum atomic E-state index is -0.240. The average molecular weight is 277 g/mol. The number of hydrogen-bond donors (Lipinski definition) is 1. The molecule has 1 N–H and O–H groups in total. The van der Waals surface area contributed by atoms with Gasteiger partial charge >= 0.3 is 0 Å². The van der Waals surface area contributed by atoms with Crippen LogP contribution in [0.2, 0.25) is 0 Å². The van der Waals surface area contributed by atoms with Crippen LogP contribution in [0.25, 0.3) is 0 Å². The Morgan fingerprint density at radius 3 is 2.65 bits per heavy atom. The fourth-order valence-corrected chi connectivity index (χ4v) is 3.99. The molecule has 3 heterocycles. The summed E-state index contributed by atoms with van der Waals surface area (Å²) in [6, 6.07) is 3.83. The summed E-state index contributed by atoms with van der Waals surface area (Å²) in [5.74, 6) is -0.240. The van der Waals surface area contributed by atoms with Crippen LogP contribution in [0.5, 0.6) is 0 Å². The second kappa shape index (κ2) is 5.78. The van der Waals surface area contributed by atoms with Crippen molar-refractivity contribution >= 4 is 0 Å². The monoisotopic (exact) mass is 277 g/mol. The van der Waals surface area contributed by atoms with Crippen LogP contribution < -0.4 is 5.32 Å². The zero-order valence-corrected chi connectivity index (χ0v) is 12.3. The summed E-state index contributed by atoms with van der Waals surface area (Å²) in [7, 11) is 0. The third-order valence-corrected chi connectivity index (χ3v) is 4.99. The molecule has 4 heteroatoms. The minimum Gasteiger partial charge on any atom is -0.311 e. The number of nitrogens with zero attached hydrogens (tertiary/aromatic N) is 2. The Kier molecular flexibility index (Phi) is 4.03. The van der Waals surface area contributed by atoms with Crippen LogP contribution in [0.3, 0.4) is 0 Å². The molecule has 3 unspecified atom stereocenters. The van der Waals surface area contributed by atoms with Crippen molar-refractivity contribution in [1.82, 2.24) is 15.2 Å². The van der Waals surface area contributed by atoms with E-state index < -0.39 is 0 Å². The Hall–Kier alpha value is -1.00. The van der Waals surface area contributed by atoms with Crippen molar-refractivity contribution in [1.29, 1.82) is 0 Å². The maximum atomic E-state index is 13.4. The van der Waals surface area contributed by atoms with Crippen molar-refractivity contribution in [3.63, 3.8) is 0 Å². The van der Waals surface area contributed by atoms with Crippen LogP contribution in [-0.4, -0.2) is 34.6 Å². The predicted molar refractivity (Wildman–Crippen MR) is 78.0 cm³/mol. The lowest BCUT2D eigenvalue weighted by Gasteiger charge is -2.40. The smallest absolute Gasteiger partial charge is 0.141 e. The van der Waals surface area contributed by atoms with Gasteiger partial charge in [0.25, 0.3) is 0 Å². The van der Waals surface area contributed by atoms with Gasteiger partial charge in [0, 0.05) is 30.4 Å². The topological polar surface area (TPSA) is 28.2 Å². The molecule has 0 saturated carbocycles. The maximum absolute atomic E-state index is 13.4. The molecule has 2 aliphatic rings. The summed E-state index contributed by atoms with van der Waals surface area (Å²) in [6.07, 6.45) is 8.14. The molecule has 2 fully saturated rings. The molecule has 0 aliphatic carbocycles. The van der Waals surface area contributed by atoms with E-state index in [1.54, 1.807) is 12.3 Å². The molecule has 3 nitrogen and oxygen atoms in total. The molecule has 1 aromatic heterocycles. The first kappa shape index (κ1) is 14.0. The highest BCUT2D eigenvalue weighted by molar-refractivity contribution is 5.15. The normalized spacial score (nSPS) is 30.7. The van der Waals surface area contributed by atoms with Gasteiger partial charge in [-0.25, -0.2) is 4.39 Å². The number of piperidine rings is 1. The summed E-state index contributed by atoms with van der Waals surface area (Å²) in [5.41, 5.74) is 0.984.